The summed E-state index contributed by atoms with van der Waals surface area (Å²) in [6, 6.07) is 8.39. The summed E-state index contributed by atoms with van der Waals surface area (Å²) in [5.74, 6) is -1.52. The molecule has 1 N–H and O–H groups in total. The molecule has 100 valence electrons. The highest BCUT2D eigenvalue weighted by atomic mass is 19.1. The Labute approximate surface area is 113 Å². The predicted molar refractivity (Wildman–Crippen MR) is 70.0 cm³/mol. The summed E-state index contributed by atoms with van der Waals surface area (Å²) in [5.41, 5.74) is 1.30. The minimum Gasteiger partial charge on any atom is -0.476 e. The van der Waals surface area contributed by atoms with Crippen LogP contribution in [0.15, 0.2) is 42.7 Å². The van der Waals surface area contributed by atoms with Crippen molar-refractivity contribution < 1.29 is 14.3 Å². The minimum atomic E-state index is -1.09. The number of hydrogen-bond acceptors (Lipinski definition) is 3. The second-order valence-electron chi connectivity index (χ2n) is 4.34. The molecule has 2 aromatic heterocycles. The Kier molecular flexibility index (Phi) is 2.90. The van der Waals surface area contributed by atoms with Gasteiger partial charge in [0, 0.05) is 11.6 Å². The summed E-state index contributed by atoms with van der Waals surface area (Å²) in [5, 5.41) is 13.8. The zero-order chi connectivity index (χ0) is 14.1. The van der Waals surface area contributed by atoms with Crippen molar-refractivity contribution in [2.75, 3.05) is 0 Å². The SMILES string of the molecule is O=C(O)c1nn(Cc2cncc(F)c2)c2ccccc12. The maximum atomic E-state index is 13.1. The highest BCUT2D eigenvalue weighted by molar-refractivity contribution is 6.01. The standard InChI is InChI=1S/C14H10FN3O2/c15-10-5-9(6-16-7-10)8-18-12-4-2-1-3-11(12)13(17-18)14(19)20/h1-7H,8H2,(H,19,20). The number of nitrogens with zero attached hydrogens (tertiary/aromatic N) is 3. The quantitative estimate of drug-likeness (QED) is 0.793. The largest absolute Gasteiger partial charge is 0.476 e. The van der Waals surface area contributed by atoms with Crippen molar-refractivity contribution in [2.24, 2.45) is 0 Å². The first-order valence-corrected chi connectivity index (χ1v) is 5.93. The Morgan fingerprint density at radius 2 is 2.10 bits per heavy atom. The molecule has 0 aliphatic rings. The molecule has 0 saturated heterocycles. The number of fused-ring (bicyclic) bond motifs is 1. The van der Waals surface area contributed by atoms with E-state index in [1.54, 1.807) is 24.3 Å². The van der Waals surface area contributed by atoms with Gasteiger partial charge in [0.2, 0.25) is 0 Å². The highest BCUT2D eigenvalue weighted by Crippen LogP contribution is 2.19. The maximum absolute atomic E-state index is 13.1. The summed E-state index contributed by atoms with van der Waals surface area (Å²) < 4.78 is 14.7. The van der Waals surface area contributed by atoms with Gasteiger partial charge in [-0.25, -0.2) is 9.18 Å². The number of pyridine rings is 1. The molecular weight excluding hydrogens is 261 g/mol. The van der Waals surface area contributed by atoms with Crippen LogP contribution < -0.4 is 0 Å². The van der Waals surface area contributed by atoms with E-state index in [4.69, 9.17) is 5.11 Å². The fourth-order valence-electron chi connectivity index (χ4n) is 2.12. The molecule has 1 aromatic carbocycles. The Morgan fingerprint density at radius 1 is 1.30 bits per heavy atom. The zero-order valence-electron chi connectivity index (χ0n) is 10.3. The van der Waals surface area contributed by atoms with E-state index < -0.39 is 11.8 Å². The van der Waals surface area contributed by atoms with Crippen LogP contribution in [-0.4, -0.2) is 25.8 Å². The van der Waals surface area contributed by atoms with Crippen molar-refractivity contribution in [3.63, 3.8) is 0 Å². The number of aromatic carboxylic acids is 1. The lowest BCUT2D eigenvalue weighted by molar-refractivity contribution is 0.0691. The molecule has 5 nitrogen and oxygen atoms in total. The van der Waals surface area contributed by atoms with E-state index in [2.05, 4.69) is 10.1 Å². The Bertz CT molecular complexity index is 798. The van der Waals surface area contributed by atoms with Gasteiger partial charge in [0.25, 0.3) is 0 Å². The number of para-hydroxylation sites is 1. The normalized spacial score (nSPS) is 10.8. The molecular formula is C14H10FN3O2. The van der Waals surface area contributed by atoms with Gasteiger partial charge < -0.3 is 5.11 Å². The van der Waals surface area contributed by atoms with Gasteiger partial charge in [-0.3, -0.25) is 9.67 Å². The predicted octanol–water partition coefficient (Wildman–Crippen LogP) is 2.32. The van der Waals surface area contributed by atoms with E-state index in [1.807, 2.05) is 0 Å². The second kappa shape index (κ2) is 4.73. The molecule has 20 heavy (non-hydrogen) atoms. The molecule has 0 amide bonds. The lowest BCUT2D eigenvalue weighted by Crippen LogP contribution is -2.05. The van der Waals surface area contributed by atoms with Crippen LogP contribution in [0.5, 0.6) is 0 Å². The van der Waals surface area contributed by atoms with Crippen LogP contribution >= 0.6 is 0 Å². The molecule has 2 heterocycles. The Hall–Kier alpha value is -2.76. The fourth-order valence-corrected chi connectivity index (χ4v) is 2.12. The summed E-state index contributed by atoms with van der Waals surface area (Å²) >= 11 is 0. The number of benzene rings is 1. The van der Waals surface area contributed by atoms with Gasteiger partial charge in [-0.1, -0.05) is 18.2 Å². The van der Waals surface area contributed by atoms with E-state index in [9.17, 15) is 9.18 Å². The monoisotopic (exact) mass is 271 g/mol. The van der Waals surface area contributed by atoms with Gasteiger partial charge in [0.15, 0.2) is 5.69 Å². The number of carboxylic acid groups (broad SMARTS) is 1. The summed E-state index contributed by atoms with van der Waals surface area (Å²) in [7, 11) is 0. The van der Waals surface area contributed by atoms with Crippen LogP contribution in [-0.2, 0) is 6.54 Å². The summed E-state index contributed by atoms with van der Waals surface area (Å²) in [6.07, 6.45) is 2.65. The van der Waals surface area contributed by atoms with Crippen molar-refractivity contribution in [3.05, 3.63) is 59.8 Å². The van der Waals surface area contributed by atoms with Crippen LogP contribution in [0, 0.1) is 5.82 Å². The third kappa shape index (κ3) is 2.11. The summed E-state index contributed by atoms with van der Waals surface area (Å²) in [6.45, 7) is 0.262. The van der Waals surface area contributed by atoms with Crippen molar-refractivity contribution in [1.29, 1.82) is 0 Å². The van der Waals surface area contributed by atoms with Crippen LogP contribution in [0.4, 0.5) is 4.39 Å². The van der Waals surface area contributed by atoms with Gasteiger partial charge in [0.05, 0.1) is 18.3 Å². The first-order valence-electron chi connectivity index (χ1n) is 5.93. The fraction of sp³-hybridized carbons (Fsp3) is 0.0714. The highest BCUT2D eigenvalue weighted by Gasteiger charge is 2.15. The molecule has 0 fully saturated rings. The minimum absolute atomic E-state index is 0.00929. The average molecular weight is 271 g/mol. The smallest absolute Gasteiger partial charge is 0.357 e. The lowest BCUT2D eigenvalue weighted by Gasteiger charge is -2.03. The zero-order valence-corrected chi connectivity index (χ0v) is 10.3. The van der Waals surface area contributed by atoms with Gasteiger partial charge in [-0.05, 0) is 17.7 Å². The summed E-state index contributed by atoms with van der Waals surface area (Å²) in [4.78, 5) is 15.0. The number of hydrogen-bond donors (Lipinski definition) is 1. The van der Waals surface area contributed by atoms with Crippen molar-refractivity contribution in [3.8, 4) is 0 Å². The molecule has 0 unspecified atom stereocenters. The number of rotatable bonds is 3. The Morgan fingerprint density at radius 3 is 2.85 bits per heavy atom. The topological polar surface area (TPSA) is 68.0 Å². The van der Waals surface area contributed by atoms with Crippen molar-refractivity contribution in [2.45, 2.75) is 6.54 Å². The number of aromatic nitrogens is 3. The van der Waals surface area contributed by atoms with Crippen LogP contribution in [0.2, 0.25) is 0 Å². The van der Waals surface area contributed by atoms with Gasteiger partial charge in [-0.2, -0.15) is 5.10 Å². The van der Waals surface area contributed by atoms with Crippen molar-refractivity contribution >= 4 is 16.9 Å². The third-order valence-electron chi connectivity index (χ3n) is 2.95. The molecule has 0 atom stereocenters. The van der Waals surface area contributed by atoms with E-state index in [0.717, 1.165) is 6.20 Å². The molecule has 0 radical (unpaired) electrons. The van der Waals surface area contributed by atoms with Crippen LogP contribution in [0.25, 0.3) is 10.9 Å². The first kappa shape index (κ1) is 12.3. The van der Waals surface area contributed by atoms with E-state index in [-0.39, 0.29) is 12.2 Å². The lowest BCUT2D eigenvalue weighted by atomic mass is 10.2. The second-order valence-corrected chi connectivity index (χ2v) is 4.34. The maximum Gasteiger partial charge on any atom is 0.357 e. The van der Waals surface area contributed by atoms with E-state index in [1.165, 1.54) is 16.9 Å². The van der Waals surface area contributed by atoms with Gasteiger partial charge in [-0.15, -0.1) is 0 Å². The molecule has 0 spiro atoms. The number of halogens is 1. The molecule has 3 rings (SSSR count). The molecule has 6 heteroatoms. The molecule has 0 saturated carbocycles. The molecule has 0 aliphatic heterocycles. The Balaban J connectivity index is 2.10. The first-order chi connectivity index (χ1) is 9.65. The third-order valence-corrected chi connectivity index (χ3v) is 2.95. The van der Waals surface area contributed by atoms with Crippen LogP contribution in [0.1, 0.15) is 16.1 Å². The van der Waals surface area contributed by atoms with Crippen LogP contribution in [0.3, 0.4) is 0 Å². The van der Waals surface area contributed by atoms with E-state index >= 15 is 0 Å². The molecule has 3 aromatic rings. The van der Waals surface area contributed by atoms with Gasteiger partial charge >= 0.3 is 5.97 Å². The van der Waals surface area contributed by atoms with Gasteiger partial charge in [0.1, 0.15) is 5.82 Å². The molecule has 0 aliphatic carbocycles. The number of carbonyl (C=O) groups is 1. The number of carboxylic acids is 1. The molecule has 0 bridgehead atoms. The average Bonchev–Trinajstić information content (AvgIpc) is 2.78. The van der Waals surface area contributed by atoms with E-state index in [0.29, 0.717) is 16.5 Å². The van der Waals surface area contributed by atoms with Crippen molar-refractivity contribution in [1.82, 2.24) is 14.8 Å².